The lowest BCUT2D eigenvalue weighted by Gasteiger charge is -2.49. The van der Waals surface area contributed by atoms with Crippen LogP contribution in [0.4, 0.5) is 0 Å². The molecule has 0 amide bonds. The van der Waals surface area contributed by atoms with Gasteiger partial charge in [-0.25, -0.2) is 4.98 Å². The van der Waals surface area contributed by atoms with Gasteiger partial charge in [0, 0.05) is 43.4 Å². The molecule has 2 aromatic heterocycles. The van der Waals surface area contributed by atoms with Crippen LogP contribution in [0.5, 0.6) is 5.75 Å². The fourth-order valence-corrected chi connectivity index (χ4v) is 7.39. The number of aromatic nitrogens is 1. The maximum Gasteiger partial charge on any atom is 0.131 e. The molecule has 0 aromatic carbocycles. The topological polar surface area (TPSA) is 43.8 Å². The number of pyridine rings is 1. The third-order valence-electron chi connectivity index (χ3n) is 7.96. The standard InChI is InChI=1S/C25H36N2O3S/c1-3-25(27-13-16-29-17-14-27)10-6-19(7-11-25)30-20-8-12-26-24-23(20)22-18(9-15-28-2)4-5-21(22)31-24/h8,12,18-19H,3-7,9-11,13-17H2,1-2H3/t18-,19-,25-/m1/s1. The van der Waals surface area contributed by atoms with Crippen molar-refractivity contribution in [2.24, 2.45) is 0 Å². The van der Waals surface area contributed by atoms with Crippen LogP contribution in [0.25, 0.3) is 10.2 Å². The first-order valence-electron chi connectivity index (χ1n) is 12.1. The molecule has 1 saturated carbocycles. The largest absolute Gasteiger partial charge is 0.490 e. The van der Waals surface area contributed by atoms with Crippen molar-refractivity contribution in [3.63, 3.8) is 0 Å². The second kappa shape index (κ2) is 9.34. The van der Waals surface area contributed by atoms with Gasteiger partial charge in [-0.05, 0) is 68.9 Å². The predicted octanol–water partition coefficient (Wildman–Crippen LogP) is 5.17. The molecule has 5 nitrogen and oxygen atoms in total. The summed E-state index contributed by atoms with van der Waals surface area (Å²) in [7, 11) is 1.80. The molecule has 0 radical (unpaired) electrons. The molecule has 2 aliphatic carbocycles. The van der Waals surface area contributed by atoms with Gasteiger partial charge < -0.3 is 14.2 Å². The minimum atomic E-state index is 0.306. The molecule has 0 spiro atoms. The summed E-state index contributed by atoms with van der Waals surface area (Å²) in [5, 5.41) is 1.29. The molecule has 2 aromatic rings. The van der Waals surface area contributed by atoms with E-state index in [4.69, 9.17) is 19.2 Å². The summed E-state index contributed by atoms with van der Waals surface area (Å²) in [5.41, 5.74) is 1.85. The van der Waals surface area contributed by atoms with Crippen molar-refractivity contribution in [1.29, 1.82) is 0 Å². The number of fused-ring (bicyclic) bond motifs is 3. The maximum atomic E-state index is 6.72. The van der Waals surface area contributed by atoms with Crippen LogP contribution >= 0.6 is 11.3 Å². The highest BCUT2D eigenvalue weighted by molar-refractivity contribution is 7.19. The van der Waals surface area contributed by atoms with E-state index in [9.17, 15) is 0 Å². The number of hydrogen-bond donors (Lipinski definition) is 0. The van der Waals surface area contributed by atoms with E-state index in [1.807, 2.05) is 17.5 Å². The highest BCUT2D eigenvalue weighted by Crippen LogP contribution is 2.48. The van der Waals surface area contributed by atoms with Crippen molar-refractivity contribution in [2.75, 3.05) is 40.0 Å². The van der Waals surface area contributed by atoms with Gasteiger partial charge in [0.2, 0.25) is 0 Å². The van der Waals surface area contributed by atoms with Crippen LogP contribution in [-0.2, 0) is 15.9 Å². The van der Waals surface area contributed by atoms with E-state index in [0.717, 1.165) is 62.8 Å². The molecule has 0 N–H and O–H groups in total. The van der Waals surface area contributed by atoms with Crippen LogP contribution in [0.15, 0.2) is 12.3 Å². The quantitative estimate of drug-likeness (QED) is 0.590. The van der Waals surface area contributed by atoms with Crippen molar-refractivity contribution < 1.29 is 14.2 Å². The SMILES string of the molecule is CC[C@]1(N2CCOCC2)CC[C@H](Oc2ccnc3sc4c(c23)[C@@H](CCOC)CC4)CC1. The first kappa shape index (κ1) is 21.6. The zero-order chi connectivity index (χ0) is 21.3. The molecule has 0 unspecified atom stereocenters. The van der Waals surface area contributed by atoms with E-state index < -0.39 is 0 Å². The normalized spacial score (nSPS) is 29.4. The Kier molecular flexibility index (Phi) is 6.52. The van der Waals surface area contributed by atoms with Crippen molar-refractivity contribution >= 4 is 21.6 Å². The number of methoxy groups -OCH3 is 1. The van der Waals surface area contributed by atoms with E-state index in [1.165, 1.54) is 47.9 Å². The molecule has 3 heterocycles. The van der Waals surface area contributed by atoms with E-state index in [1.54, 1.807) is 7.11 Å². The molecule has 6 heteroatoms. The smallest absolute Gasteiger partial charge is 0.131 e. The van der Waals surface area contributed by atoms with Crippen molar-refractivity contribution in [2.45, 2.75) is 75.9 Å². The van der Waals surface area contributed by atoms with Gasteiger partial charge in [0.25, 0.3) is 0 Å². The Bertz CT molecular complexity index is 884. The van der Waals surface area contributed by atoms with E-state index in [0.29, 0.717) is 17.6 Å². The number of nitrogens with zero attached hydrogens (tertiary/aromatic N) is 2. The lowest BCUT2D eigenvalue weighted by atomic mass is 9.77. The molecule has 170 valence electrons. The van der Waals surface area contributed by atoms with Gasteiger partial charge in [0.05, 0.1) is 24.7 Å². The molecular weight excluding hydrogens is 408 g/mol. The summed E-state index contributed by atoms with van der Waals surface area (Å²) in [6, 6.07) is 2.10. The Morgan fingerprint density at radius 3 is 2.77 bits per heavy atom. The Morgan fingerprint density at radius 1 is 1.23 bits per heavy atom. The number of thiophene rings is 1. The fraction of sp³-hybridized carbons (Fsp3) is 0.720. The molecule has 1 saturated heterocycles. The molecule has 5 rings (SSSR count). The summed E-state index contributed by atoms with van der Waals surface area (Å²) in [5.74, 6) is 1.64. The van der Waals surface area contributed by atoms with Crippen molar-refractivity contribution in [1.82, 2.24) is 9.88 Å². The molecule has 3 aliphatic rings. The first-order chi connectivity index (χ1) is 15.2. The maximum absolute atomic E-state index is 6.72. The molecule has 31 heavy (non-hydrogen) atoms. The molecule has 1 aliphatic heterocycles. The number of morpholine rings is 1. The van der Waals surface area contributed by atoms with Crippen LogP contribution in [-0.4, -0.2) is 61.5 Å². The van der Waals surface area contributed by atoms with Crippen LogP contribution in [0, 0.1) is 0 Å². The fourth-order valence-electron chi connectivity index (χ4n) is 6.13. The number of rotatable bonds is 7. The van der Waals surface area contributed by atoms with E-state index in [-0.39, 0.29) is 0 Å². The number of aryl methyl sites for hydroxylation is 1. The van der Waals surface area contributed by atoms with Crippen molar-refractivity contribution in [3.05, 3.63) is 22.7 Å². The Labute approximate surface area is 190 Å². The zero-order valence-electron chi connectivity index (χ0n) is 19.0. The minimum absolute atomic E-state index is 0.306. The molecule has 2 fully saturated rings. The first-order valence-corrected chi connectivity index (χ1v) is 12.9. The Balaban J connectivity index is 1.33. The number of ether oxygens (including phenoxy) is 3. The molecule has 1 atom stereocenters. The van der Waals surface area contributed by atoms with Gasteiger partial charge in [0.1, 0.15) is 10.6 Å². The van der Waals surface area contributed by atoms with Gasteiger partial charge in [0.15, 0.2) is 0 Å². The summed E-state index contributed by atoms with van der Waals surface area (Å²) in [6.45, 7) is 7.09. The predicted molar refractivity (Wildman–Crippen MR) is 125 cm³/mol. The average molecular weight is 445 g/mol. The number of hydrogen-bond acceptors (Lipinski definition) is 6. The van der Waals surface area contributed by atoms with E-state index >= 15 is 0 Å². The monoisotopic (exact) mass is 444 g/mol. The summed E-state index contributed by atoms with van der Waals surface area (Å²) in [4.78, 5) is 10.1. The third kappa shape index (κ3) is 4.12. The second-order valence-corrected chi connectivity index (χ2v) is 10.5. The Morgan fingerprint density at radius 2 is 2.03 bits per heavy atom. The minimum Gasteiger partial charge on any atom is -0.490 e. The van der Waals surface area contributed by atoms with Gasteiger partial charge in [-0.15, -0.1) is 11.3 Å². The van der Waals surface area contributed by atoms with Gasteiger partial charge in [-0.1, -0.05) is 6.92 Å². The highest BCUT2D eigenvalue weighted by Gasteiger charge is 2.40. The van der Waals surface area contributed by atoms with Gasteiger partial charge >= 0.3 is 0 Å². The van der Waals surface area contributed by atoms with Crippen LogP contribution < -0.4 is 4.74 Å². The average Bonchev–Trinajstić information content (AvgIpc) is 3.38. The summed E-state index contributed by atoms with van der Waals surface area (Å²) in [6.07, 6.45) is 11.7. The highest BCUT2D eigenvalue weighted by atomic mass is 32.1. The Hall–Kier alpha value is -1.21. The van der Waals surface area contributed by atoms with E-state index in [2.05, 4.69) is 17.9 Å². The second-order valence-electron chi connectivity index (χ2n) is 9.44. The lowest BCUT2D eigenvalue weighted by molar-refractivity contribution is -0.0510. The summed E-state index contributed by atoms with van der Waals surface area (Å²) >= 11 is 1.87. The third-order valence-corrected chi connectivity index (χ3v) is 9.14. The van der Waals surface area contributed by atoms with Crippen LogP contribution in [0.2, 0.25) is 0 Å². The van der Waals surface area contributed by atoms with Gasteiger partial charge in [-0.2, -0.15) is 0 Å². The van der Waals surface area contributed by atoms with Crippen LogP contribution in [0.3, 0.4) is 0 Å². The van der Waals surface area contributed by atoms with Crippen LogP contribution in [0.1, 0.15) is 68.2 Å². The zero-order valence-corrected chi connectivity index (χ0v) is 19.8. The lowest BCUT2D eigenvalue weighted by Crippen LogP contribution is -2.55. The molecule has 0 bridgehead atoms. The van der Waals surface area contributed by atoms with Gasteiger partial charge in [-0.3, -0.25) is 4.90 Å². The summed E-state index contributed by atoms with van der Waals surface area (Å²) < 4.78 is 17.7. The molecular formula is C25H36N2O3S. The van der Waals surface area contributed by atoms with Crippen molar-refractivity contribution in [3.8, 4) is 5.75 Å².